The minimum absolute atomic E-state index is 0.0122. The summed E-state index contributed by atoms with van der Waals surface area (Å²) in [6.45, 7) is 12.4. The SMILES string of the molecule is C=CCC(C)(C)CN1C[C@@H]2[C@H](CNC(=O)c3cnc[nH]3)[C@H]3CC[C@]2(C1)O3. The average molecular weight is 358 g/mol. The standard InChI is InChI=1S/C20H30N4O2/c1-4-6-19(2,3)11-24-10-15-14(17-5-7-20(15,12-24)26-17)8-22-18(25)16-9-21-13-23-16/h4,9,13-15,17H,1,5-8,10-12H2,2-3H3,(H,21,23)(H,22,25)/t14-,15+,17+,20+/m0/s1. The van der Waals surface area contributed by atoms with E-state index >= 15 is 0 Å². The van der Waals surface area contributed by atoms with Gasteiger partial charge in [-0.25, -0.2) is 4.98 Å². The fraction of sp³-hybridized carbons (Fsp3) is 0.700. The van der Waals surface area contributed by atoms with Gasteiger partial charge in [-0.15, -0.1) is 6.58 Å². The molecule has 0 aromatic carbocycles. The molecule has 4 rings (SSSR count). The zero-order valence-corrected chi connectivity index (χ0v) is 15.8. The van der Waals surface area contributed by atoms with Gasteiger partial charge < -0.3 is 15.0 Å². The number of allylic oxidation sites excluding steroid dienone is 1. The lowest BCUT2D eigenvalue weighted by molar-refractivity contribution is 0.0000705. The van der Waals surface area contributed by atoms with Crippen LogP contribution in [0.4, 0.5) is 0 Å². The Labute approximate surface area is 155 Å². The molecule has 2 N–H and O–H groups in total. The number of H-pyrrole nitrogens is 1. The topological polar surface area (TPSA) is 70.2 Å². The number of carbonyl (C=O) groups excluding carboxylic acids is 1. The first kappa shape index (κ1) is 17.7. The van der Waals surface area contributed by atoms with Crippen LogP contribution < -0.4 is 5.32 Å². The molecule has 4 heterocycles. The number of aromatic nitrogens is 2. The maximum Gasteiger partial charge on any atom is 0.269 e. The van der Waals surface area contributed by atoms with Crippen molar-refractivity contribution in [2.24, 2.45) is 17.3 Å². The molecule has 3 saturated heterocycles. The van der Waals surface area contributed by atoms with Crippen LogP contribution in [0.5, 0.6) is 0 Å². The molecule has 0 radical (unpaired) electrons. The van der Waals surface area contributed by atoms with E-state index in [0.29, 0.717) is 30.2 Å². The Morgan fingerprint density at radius 3 is 3.19 bits per heavy atom. The van der Waals surface area contributed by atoms with Crippen molar-refractivity contribution in [2.75, 3.05) is 26.2 Å². The van der Waals surface area contributed by atoms with E-state index in [9.17, 15) is 4.79 Å². The maximum atomic E-state index is 12.2. The molecule has 26 heavy (non-hydrogen) atoms. The number of amides is 1. The highest BCUT2D eigenvalue weighted by molar-refractivity contribution is 5.91. The van der Waals surface area contributed by atoms with Crippen molar-refractivity contribution in [3.8, 4) is 0 Å². The van der Waals surface area contributed by atoms with Gasteiger partial charge >= 0.3 is 0 Å². The summed E-state index contributed by atoms with van der Waals surface area (Å²) in [5.41, 5.74) is 0.764. The Morgan fingerprint density at radius 1 is 1.62 bits per heavy atom. The molecule has 3 fully saturated rings. The number of aromatic amines is 1. The largest absolute Gasteiger partial charge is 0.370 e. The highest BCUT2D eigenvalue weighted by Crippen LogP contribution is 2.54. The van der Waals surface area contributed by atoms with E-state index in [1.54, 1.807) is 6.20 Å². The number of carbonyl (C=O) groups is 1. The fourth-order valence-electron chi connectivity index (χ4n) is 5.43. The number of hydrogen-bond acceptors (Lipinski definition) is 4. The lowest BCUT2D eigenvalue weighted by atomic mass is 9.73. The normalized spacial score (nSPS) is 33.4. The zero-order valence-electron chi connectivity index (χ0n) is 15.8. The van der Waals surface area contributed by atoms with Crippen molar-refractivity contribution in [2.45, 2.75) is 44.8 Å². The van der Waals surface area contributed by atoms with Crippen LogP contribution in [0.2, 0.25) is 0 Å². The Hall–Kier alpha value is -1.66. The summed E-state index contributed by atoms with van der Waals surface area (Å²) in [5.74, 6) is 0.840. The second-order valence-electron chi connectivity index (χ2n) is 9.03. The number of ether oxygens (including phenoxy) is 1. The summed E-state index contributed by atoms with van der Waals surface area (Å²) >= 11 is 0. The number of likely N-dealkylation sites (tertiary alicyclic amines) is 1. The van der Waals surface area contributed by atoms with Gasteiger partial charge in [-0.05, 0) is 24.7 Å². The van der Waals surface area contributed by atoms with Gasteiger partial charge in [0.2, 0.25) is 0 Å². The van der Waals surface area contributed by atoms with Crippen molar-refractivity contribution in [1.82, 2.24) is 20.2 Å². The van der Waals surface area contributed by atoms with Crippen LogP contribution >= 0.6 is 0 Å². The second-order valence-corrected chi connectivity index (χ2v) is 9.03. The van der Waals surface area contributed by atoms with E-state index in [-0.39, 0.29) is 16.9 Å². The fourth-order valence-corrected chi connectivity index (χ4v) is 5.43. The van der Waals surface area contributed by atoms with Crippen LogP contribution in [-0.4, -0.2) is 58.7 Å². The third-order valence-corrected chi connectivity index (χ3v) is 6.44. The number of fused-ring (bicyclic) bond motifs is 1. The monoisotopic (exact) mass is 358 g/mol. The Kier molecular flexibility index (Phi) is 4.43. The molecule has 0 aliphatic carbocycles. The summed E-state index contributed by atoms with van der Waals surface area (Å²) < 4.78 is 6.49. The molecule has 142 valence electrons. The van der Waals surface area contributed by atoms with Gasteiger partial charge in [0.25, 0.3) is 5.91 Å². The molecule has 1 amide bonds. The summed E-state index contributed by atoms with van der Waals surface area (Å²) in [6, 6.07) is 0. The number of nitrogens with one attached hydrogen (secondary N) is 2. The van der Waals surface area contributed by atoms with Crippen LogP contribution in [0.1, 0.15) is 43.6 Å². The van der Waals surface area contributed by atoms with Crippen LogP contribution in [0.25, 0.3) is 0 Å². The first-order valence-corrected chi connectivity index (χ1v) is 9.70. The molecule has 6 heteroatoms. The van der Waals surface area contributed by atoms with Crippen molar-refractivity contribution >= 4 is 5.91 Å². The maximum absolute atomic E-state index is 12.2. The van der Waals surface area contributed by atoms with E-state index in [1.807, 2.05) is 6.08 Å². The third kappa shape index (κ3) is 3.09. The van der Waals surface area contributed by atoms with Crippen LogP contribution in [-0.2, 0) is 4.74 Å². The second kappa shape index (κ2) is 6.50. The van der Waals surface area contributed by atoms with Gasteiger partial charge in [0.1, 0.15) is 5.69 Å². The molecule has 2 bridgehead atoms. The highest BCUT2D eigenvalue weighted by atomic mass is 16.5. The first-order chi connectivity index (χ1) is 12.4. The summed E-state index contributed by atoms with van der Waals surface area (Å²) in [5, 5.41) is 3.08. The van der Waals surface area contributed by atoms with E-state index in [1.165, 1.54) is 6.33 Å². The van der Waals surface area contributed by atoms with Gasteiger partial charge in [-0.2, -0.15) is 0 Å². The highest BCUT2D eigenvalue weighted by Gasteiger charge is 2.62. The van der Waals surface area contributed by atoms with E-state index in [0.717, 1.165) is 38.9 Å². The number of hydrogen-bond donors (Lipinski definition) is 2. The zero-order chi connectivity index (χ0) is 18.4. The van der Waals surface area contributed by atoms with Crippen molar-refractivity contribution in [3.05, 3.63) is 30.9 Å². The number of rotatable bonds is 7. The van der Waals surface area contributed by atoms with E-state index < -0.39 is 0 Å². The minimum atomic E-state index is -0.0821. The summed E-state index contributed by atoms with van der Waals surface area (Å²) in [4.78, 5) is 21.6. The molecule has 1 spiro atoms. The predicted molar refractivity (Wildman–Crippen MR) is 99.8 cm³/mol. The predicted octanol–water partition coefficient (Wildman–Crippen LogP) is 2.22. The van der Waals surface area contributed by atoms with Gasteiger partial charge in [0, 0.05) is 38.0 Å². The quantitative estimate of drug-likeness (QED) is 0.733. The molecule has 1 aromatic rings. The van der Waals surface area contributed by atoms with Gasteiger partial charge in [0.15, 0.2) is 0 Å². The smallest absolute Gasteiger partial charge is 0.269 e. The van der Waals surface area contributed by atoms with E-state index in [4.69, 9.17) is 4.74 Å². The summed E-state index contributed by atoms with van der Waals surface area (Å²) in [6.07, 6.45) is 8.71. The first-order valence-electron chi connectivity index (χ1n) is 9.70. The number of imidazole rings is 1. The molecular weight excluding hydrogens is 328 g/mol. The summed E-state index contributed by atoms with van der Waals surface area (Å²) in [7, 11) is 0. The molecular formula is C20H30N4O2. The van der Waals surface area contributed by atoms with Gasteiger partial charge in [-0.3, -0.25) is 9.69 Å². The third-order valence-electron chi connectivity index (χ3n) is 6.44. The Balaban J connectivity index is 1.39. The number of nitrogens with zero attached hydrogens (tertiary/aromatic N) is 2. The Morgan fingerprint density at radius 2 is 2.46 bits per heavy atom. The molecule has 4 atom stereocenters. The minimum Gasteiger partial charge on any atom is -0.370 e. The van der Waals surface area contributed by atoms with Crippen molar-refractivity contribution < 1.29 is 9.53 Å². The lowest BCUT2D eigenvalue weighted by Gasteiger charge is -2.30. The molecule has 0 saturated carbocycles. The molecule has 3 aliphatic heterocycles. The molecule has 3 aliphatic rings. The van der Waals surface area contributed by atoms with Crippen LogP contribution in [0.15, 0.2) is 25.2 Å². The van der Waals surface area contributed by atoms with Gasteiger partial charge in [-0.1, -0.05) is 19.9 Å². The Bertz CT molecular complexity index is 671. The van der Waals surface area contributed by atoms with Crippen LogP contribution in [0, 0.1) is 17.3 Å². The van der Waals surface area contributed by atoms with Gasteiger partial charge in [0.05, 0.1) is 24.2 Å². The molecule has 1 aromatic heterocycles. The molecule has 6 nitrogen and oxygen atoms in total. The average Bonchev–Trinajstić information content (AvgIpc) is 3.32. The lowest BCUT2D eigenvalue weighted by Crippen LogP contribution is -2.42. The van der Waals surface area contributed by atoms with Crippen LogP contribution in [0.3, 0.4) is 0 Å². The van der Waals surface area contributed by atoms with E-state index in [2.05, 4.69) is 40.6 Å². The van der Waals surface area contributed by atoms with Crippen molar-refractivity contribution in [1.29, 1.82) is 0 Å². The molecule has 0 unspecified atom stereocenters. The van der Waals surface area contributed by atoms with Crippen molar-refractivity contribution in [3.63, 3.8) is 0 Å².